The zero-order chi connectivity index (χ0) is 23.7. The van der Waals surface area contributed by atoms with E-state index in [0.29, 0.717) is 36.9 Å². The van der Waals surface area contributed by atoms with Gasteiger partial charge in [0.1, 0.15) is 11.5 Å². The molecule has 1 saturated carbocycles. The second-order valence-corrected chi connectivity index (χ2v) is 10.7. The summed E-state index contributed by atoms with van der Waals surface area (Å²) in [6, 6.07) is 1.41. The van der Waals surface area contributed by atoms with E-state index in [4.69, 9.17) is 17.0 Å². The van der Waals surface area contributed by atoms with Gasteiger partial charge in [-0.1, -0.05) is 12.2 Å². The molecule has 2 aliphatic rings. The third-order valence-corrected chi connectivity index (χ3v) is 8.00. The molecule has 1 fully saturated rings. The number of nitrogens with zero attached hydrogens (tertiary/aromatic N) is 2. The van der Waals surface area contributed by atoms with Crippen LogP contribution in [0.4, 0.5) is 8.78 Å². The van der Waals surface area contributed by atoms with Crippen LogP contribution in [0, 0.1) is 11.8 Å². The summed E-state index contributed by atoms with van der Waals surface area (Å²) in [5, 5.41) is 3.86. The number of fused-ring (bicyclic) bond motifs is 1. The van der Waals surface area contributed by atoms with Gasteiger partial charge >= 0.3 is 5.97 Å². The maximum Gasteiger partial charge on any atom is 0.339 e. The first kappa shape index (κ1) is 24.1. The monoisotopic (exact) mass is 494 g/mol. The van der Waals surface area contributed by atoms with E-state index >= 15 is 0 Å². The number of aromatic nitrogens is 2. The number of aryl methyl sites for hydroxylation is 2. The van der Waals surface area contributed by atoms with Crippen molar-refractivity contribution in [3.63, 3.8) is 0 Å². The van der Waals surface area contributed by atoms with Crippen molar-refractivity contribution < 1.29 is 23.1 Å². The molecule has 2 heterocycles. The quantitative estimate of drug-likeness (QED) is 0.335. The van der Waals surface area contributed by atoms with Gasteiger partial charge in [0.25, 0.3) is 6.43 Å². The Morgan fingerprint density at radius 2 is 2.06 bits per heavy atom. The predicted molar refractivity (Wildman–Crippen MR) is 126 cm³/mol. The van der Waals surface area contributed by atoms with Crippen molar-refractivity contribution in [2.45, 2.75) is 64.7 Å². The van der Waals surface area contributed by atoms with Crippen molar-refractivity contribution in [1.82, 2.24) is 9.78 Å². The summed E-state index contributed by atoms with van der Waals surface area (Å²) in [5.74, 6) is 0.298. The number of carbonyl (C=O) groups excluding carboxylic acids is 2. The number of hydrogen-bond acceptors (Lipinski definition) is 6. The molecule has 0 aromatic carbocycles. The van der Waals surface area contributed by atoms with Crippen molar-refractivity contribution in [2.75, 3.05) is 6.61 Å². The molecule has 5 nitrogen and oxygen atoms in total. The number of carbonyl (C=O) groups is 2. The first-order valence-electron chi connectivity index (χ1n) is 11.4. The Hall–Kier alpha value is -2.00. The number of rotatable bonds is 10. The van der Waals surface area contributed by atoms with Gasteiger partial charge in [0.15, 0.2) is 0 Å². The molecular formula is C24H28F2N2O3S2. The summed E-state index contributed by atoms with van der Waals surface area (Å²) < 4.78 is 32.7. The average Bonchev–Trinajstić information content (AvgIpc) is 3.46. The maximum atomic E-state index is 12.9. The molecule has 0 bridgehead atoms. The van der Waals surface area contributed by atoms with Crippen LogP contribution in [-0.4, -0.2) is 33.0 Å². The van der Waals surface area contributed by atoms with Gasteiger partial charge in [-0.15, -0.1) is 11.3 Å². The third-order valence-electron chi connectivity index (χ3n) is 6.40. The lowest BCUT2D eigenvalue weighted by molar-refractivity contribution is -0.119. The van der Waals surface area contributed by atoms with Gasteiger partial charge in [-0.2, -0.15) is 5.10 Å². The van der Waals surface area contributed by atoms with Crippen LogP contribution in [0.5, 0.6) is 0 Å². The van der Waals surface area contributed by atoms with E-state index in [1.807, 2.05) is 0 Å². The zero-order valence-electron chi connectivity index (χ0n) is 18.9. The molecule has 1 atom stereocenters. The van der Waals surface area contributed by atoms with Gasteiger partial charge in [-0.25, -0.2) is 13.6 Å². The largest absolute Gasteiger partial charge is 0.462 e. The lowest BCUT2D eigenvalue weighted by Crippen LogP contribution is -2.20. The van der Waals surface area contributed by atoms with Crippen molar-refractivity contribution in [2.24, 2.45) is 18.9 Å². The Morgan fingerprint density at radius 3 is 2.70 bits per heavy atom. The Bertz CT molecular complexity index is 1070. The Morgan fingerprint density at radius 1 is 1.30 bits per heavy atom. The minimum absolute atomic E-state index is 0.155. The highest BCUT2D eigenvalue weighted by molar-refractivity contribution is 7.80. The molecule has 0 spiro atoms. The molecule has 9 heteroatoms. The number of halogens is 2. The Balaban J connectivity index is 1.47. The molecule has 0 amide bonds. The van der Waals surface area contributed by atoms with Crippen LogP contribution in [0.1, 0.15) is 76.1 Å². The summed E-state index contributed by atoms with van der Waals surface area (Å²) in [5.41, 5.74) is 2.05. The Labute approximate surface area is 201 Å². The SMILES string of the molecule is CCOC(=O)c1c(CC(=O)C2CC2)sc2c1CC(CC(=S)Cc1cc(C(F)F)nn1C)CC2. The second kappa shape index (κ2) is 10.1. The van der Waals surface area contributed by atoms with Crippen LogP contribution >= 0.6 is 23.6 Å². The summed E-state index contributed by atoms with van der Waals surface area (Å²) in [6.45, 7) is 2.07. The van der Waals surface area contributed by atoms with Crippen LogP contribution in [0.3, 0.4) is 0 Å². The lowest BCUT2D eigenvalue weighted by Gasteiger charge is -2.23. The minimum atomic E-state index is -2.60. The molecule has 1 unspecified atom stereocenters. The fourth-order valence-electron chi connectivity index (χ4n) is 4.56. The Kier molecular flexibility index (Phi) is 7.38. The maximum absolute atomic E-state index is 12.9. The highest BCUT2D eigenvalue weighted by Gasteiger charge is 2.34. The van der Waals surface area contributed by atoms with E-state index in [1.54, 1.807) is 25.3 Å². The number of thiocarbonyl (C=S) groups is 1. The number of esters is 1. The van der Waals surface area contributed by atoms with E-state index < -0.39 is 6.43 Å². The van der Waals surface area contributed by atoms with Crippen LogP contribution in [0.25, 0.3) is 0 Å². The number of ether oxygens (including phenoxy) is 1. The van der Waals surface area contributed by atoms with Gasteiger partial charge < -0.3 is 4.74 Å². The molecule has 33 heavy (non-hydrogen) atoms. The molecule has 0 saturated heterocycles. The van der Waals surface area contributed by atoms with Gasteiger partial charge in [0.05, 0.1) is 12.2 Å². The number of hydrogen-bond donors (Lipinski definition) is 0. The fraction of sp³-hybridized carbons (Fsp3) is 0.583. The van der Waals surface area contributed by atoms with Gasteiger partial charge in [0, 0.05) is 41.3 Å². The summed E-state index contributed by atoms with van der Waals surface area (Å²) >= 11 is 7.20. The molecule has 0 aliphatic heterocycles. The summed E-state index contributed by atoms with van der Waals surface area (Å²) in [4.78, 5) is 28.1. The van der Waals surface area contributed by atoms with E-state index in [9.17, 15) is 18.4 Å². The fourth-order valence-corrected chi connectivity index (χ4v) is 6.29. The third kappa shape index (κ3) is 5.57. The van der Waals surface area contributed by atoms with Gasteiger partial charge in [0.2, 0.25) is 0 Å². The normalized spacial score (nSPS) is 17.8. The van der Waals surface area contributed by atoms with Crippen molar-refractivity contribution in [1.29, 1.82) is 0 Å². The van der Waals surface area contributed by atoms with Crippen LogP contribution < -0.4 is 0 Å². The summed E-state index contributed by atoms with van der Waals surface area (Å²) in [6.07, 6.45) is 3.22. The van der Waals surface area contributed by atoms with E-state index in [1.165, 1.54) is 15.6 Å². The molecule has 2 aromatic heterocycles. The van der Waals surface area contributed by atoms with E-state index in [-0.39, 0.29) is 35.9 Å². The highest BCUT2D eigenvalue weighted by Crippen LogP contribution is 2.40. The smallest absolute Gasteiger partial charge is 0.339 e. The highest BCUT2D eigenvalue weighted by atomic mass is 32.1. The molecule has 178 valence electrons. The molecule has 2 aliphatic carbocycles. The first-order chi connectivity index (χ1) is 15.8. The standard InChI is InChI=1S/C24H28F2N2O3S2/c1-3-31-24(30)22-17-9-13(4-7-20(17)33-21(22)12-19(29)14-5-6-14)8-16(32)10-15-11-18(23(25)26)27-28(15)2/h11,13-14,23H,3-10,12H2,1-2H3. The first-order valence-corrected chi connectivity index (χ1v) is 12.6. The molecular weight excluding hydrogens is 466 g/mol. The van der Waals surface area contributed by atoms with Crippen molar-refractivity contribution in [3.8, 4) is 0 Å². The topological polar surface area (TPSA) is 61.2 Å². The van der Waals surface area contributed by atoms with E-state index in [2.05, 4.69) is 5.10 Å². The molecule has 4 rings (SSSR count). The zero-order valence-corrected chi connectivity index (χ0v) is 20.5. The molecule has 0 N–H and O–H groups in total. The minimum Gasteiger partial charge on any atom is -0.462 e. The van der Waals surface area contributed by atoms with Crippen molar-refractivity contribution >= 4 is 40.2 Å². The molecule has 2 aromatic rings. The van der Waals surface area contributed by atoms with Crippen molar-refractivity contribution in [3.05, 3.63) is 38.3 Å². The number of alkyl halides is 2. The van der Waals surface area contributed by atoms with Crippen LogP contribution in [0.15, 0.2) is 6.07 Å². The van der Waals surface area contributed by atoms with Crippen LogP contribution in [-0.2, 0) is 42.3 Å². The van der Waals surface area contributed by atoms with E-state index in [0.717, 1.165) is 41.0 Å². The molecule has 0 radical (unpaired) electrons. The number of thiophene rings is 1. The number of Topliss-reactive ketones (excluding diaryl/α,β-unsaturated/α-hetero) is 1. The number of ketones is 1. The van der Waals surface area contributed by atoms with Crippen LogP contribution in [0.2, 0.25) is 0 Å². The summed E-state index contributed by atoms with van der Waals surface area (Å²) in [7, 11) is 1.65. The van der Waals surface area contributed by atoms with Gasteiger partial charge in [-0.05, 0) is 67.9 Å². The van der Waals surface area contributed by atoms with Gasteiger partial charge in [-0.3, -0.25) is 9.48 Å². The average molecular weight is 495 g/mol. The predicted octanol–water partition coefficient (Wildman–Crippen LogP) is 5.23. The lowest BCUT2D eigenvalue weighted by atomic mass is 9.83. The second-order valence-electron chi connectivity index (χ2n) is 8.95.